The van der Waals surface area contributed by atoms with Crippen molar-refractivity contribution in [3.8, 4) is 0 Å². The van der Waals surface area contributed by atoms with Crippen molar-refractivity contribution < 1.29 is 15.0 Å². The number of hydrogen-bond donors (Lipinski definition) is 2. The molecule has 5 heteroatoms. The summed E-state index contributed by atoms with van der Waals surface area (Å²) < 4.78 is 0. The maximum atomic E-state index is 11.4. The summed E-state index contributed by atoms with van der Waals surface area (Å²) in [5.74, 6) is -0.461. The number of aliphatic hydroxyl groups excluding tert-OH is 1. The Morgan fingerprint density at radius 1 is 1.50 bits per heavy atom. The predicted octanol–water partition coefficient (Wildman–Crippen LogP) is 2.72. The third kappa shape index (κ3) is 3.65. The maximum Gasteiger partial charge on any atom is 0.339 e. The molecule has 1 aromatic rings. The number of nitrogens with zero attached hydrogens (tertiary/aromatic N) is 2. The number of carboxylic acid groups (broad SMARTS) is 1. The van der Waals surface area contributed by atoms with Crippen molar-refractivity contribution in [3.05, 3.63) is 35.5 Å². The molecule has 120 valence electrons. The summed E-state index contributed by atoms with van der Waals surface area (Å²) in [7, 11) is 0. The van der Waals surface area contributed by atoms with Crippen LogP contribution in [-0.4, -0.2) is 40.9 Å². The van der Waals surface area contributed by atoms with Crippen LogP contribution in [0.3, 0.4) is 0 Å². The molecule has 1 aliphatic heterocycles. The smallest absolute Gasteiger partial charge is 0.339 e. The van der Waals surface area contributed by atoms with Crippen LogP contribution in [0.2, 0.25) is 0 Å². The Bertz CT molecular complexity index is 567. The number of rotatable bonds is 5. The van der Waals surface area contributed by atoms with Gasteiger partial charge in [-0.3, -0.25) is 0 Å². The number of aromatic nitrogens is 1. The first-order valence-corrected chi connectivity index (χ1v) is 7.65. The Kier molecular flexibility index (Phi) is 5.19. The van der Waals surface area contributed by atoms with E-state index in [2.05, 4.69) is 11.1 Å². The summed E-state index contributed by atoms with van der Waals surface area (Å²) in [6.45, 7) is 5.60. The van der Waals surface area contributed by atoms with E-state index < -0.39 is 5.97 Å². The highest BCUT2D eigenvalue weighted by Gasteiger charge is 2.35. The Balaban J connectivity index is 2.26. The lowest BCUT2D eigenvalue weighted by Crippen LogP contribution is -2.46. The third-order valence-corrected chi connectivity index (χ3v) is 4.26. The molecule has 1 fully saturated rings. The first-order valence-electron chi connectivity index (χ1n) is 7.65. The van der Waals surface area contributed by atoms with Gasteiger partial charge in [0.1, 0.15) is 11.4 Å². The number of piperidine rings is 1. The van der Waals surface area contributed by atoms with E-state index in [-0.39, 0.29) is 17.6 Å². The van der Waals surface area contributed by atoms with Crippen molar-refractivity contribution in [1.29, 1.82) is 0 Å². The monoisotopic (exact) mass is 304 g/mol. The fourth-order valence-electron chi connectivity index (χ4n) is 2.99. The summed E-state index contributed by atoms with van der Waals surface area (Å²) in [6, 6.07) is 3.22. The zero-order chi connectivity index (χ0) is 16.2. The normalized spacial score (nSPS) is 21.5. The van der Waals surface area contributed by atoms with E-state index in [0.29, 0.717) is 12.4 Å². The lowest BCUT2D eigenvalue weighted by atomic mass is 9.77. The van der Waals surface area contributed by atoms with E-state index in [1.54, 1.807) is 18.3 Å². The van der Waals surface area contributed by atoms with Gasteiger partial charge >= 0.3 is 5.97 Å². The van der Waals surface area contributed by atoms with Crippen LogP contribution in [-0.2, 0) is 0 Å². The molecule has 0 amide bonds. The summed E-state index contributed by atoms with van der Waals surface area (Å²) >= 11 is 0. The molecule has 2 N–H and O–H groups in total. The molecule has 0 unspecified atom stereocenters. The van der Waals surface area contributed by atoms with Gasteiger partial charge in [0.05, 0.1) is 6.61 Å². The second-order valence-electron chi connectivity index (χ2n) is 6.35. The molecular formula is C17H24N2O3. The van der Waals surface area contributed by atoms with Gasteiger partial charge in [-0.15, -0.1) is 0 Å². The molecule has 0 saturated carbocycles. The molecule has 1 aliphatic rings. The summed E-state index contributed by atoms with van der Waals surface area (Å²) in [5.41, 5.74) is 1.23. The fraction of sp³-hybridized carbons (Fsp3) is 0.529. The van der Waals surface area contributed by atoms with Gasteiger partial charge in [0.25, 0.3) is 0 Å². The molecule has 22 heavy (non-hydrogen) atoms. The molecule has 1 atom stereocenters. The van der Waals surface area contributed by atoms with Gasteiger partial charge in [-0.25, -0.2) is 9.78 Å². The van der Waals surface area contributed by atoms with Gasteiger partial charge in [0.15, 0.2) is 0 Å². The van der Waals surface area contributed by atoms with Gasteiger partial charge in [0, 0.05) is 24.7 Å². The van der Waals surface area contributed by atoms with E-state index in [4.69, 9.17) is 0 Å². The molecule has 5 nitrogen and oxygen atoms in total. The summed E-state index contributed by atoms with van der Waals surface area (Å²) in [5, 5.41) is 19.2. The molecule has 0 aromatic carbocycles. The van der Waals surface area contributed by atoms with Crippen molar-refractivity contribution in [1.82, 2.24) is 4.98 Å². The van der Waals surface area contributed by atoms with Gasteiger partial charge in [-0.05, 0) is 45.2 Å². The van der Waals surface area contributed by atoms with E-state index >= 15 is 0 Å². The molecule has 0 bridgehead atoms. The average Bonchev–Trinajstić information content (AvgIpc) is 2.53. The molecular weight excluding hydrogens is 280 g/mol. The minimum Gasteiger partial charge on any atom is -0.478 e. The maximum absolute atomic E-state index is 11.4. The SMILES string of the molecule is CC(C)=CC[C@@]1(CO)CCCN(c2ncccc2C(=O)O)C1. The number of carboxylic acids is 1. The van der Waals surface area contributed by atoms with Gasteiger partial charge in [-0.1, -0.05) is 11.6 Å². The van der Waals surface area contributed by atoms with Crippen molar-refractivity contribution in [2.24, 2.45) is 5.41 Å². The number of carbonyl (C=O) groups is 1. The predicted molar refractivity (Wildman–Crippen MR) is 86.2 cm³/mol. The number of pyridine rings is 1. The number of allylic oxidation sites excluding steroid dienone is 2. The highest BCUT2D eigenvalue weighted by molar-refractivity contribution is 5.93. The largest absolute Gasteiger partial charge is 0.478 e. The lowest BCUT2D eigenvalue weighted by Gasteiger charge is -2.42. The quantitative estimate of drug-likeness (QED) is 0.818. The van der Waals surface area contributed by atoms with Crippen LogP contribution in [0.15, 0.2) is 30.0 Å². The molecule has 1 aromatic heterocycles. The summed E-state index contributed by atoms with van der Waals surface area (Å²) in [6.07, 6.45) is 6.44. The topological polar surface area (TPSA) is 73.7 Å². The molecule has 0 spiro atoms. The fourth-order valence-corrected chi connectivity index (χ4v) is 2.99. The Labute approximate surface area is 131 Å². The first-order chi connectivity index (χ1) is 10.5. The van der Waals surface area contributed by atoms with E-state index in [0.717, 1.165) is 25.8 Å². The zero-order valence-electron chi connectivity index (χ0n) is 13.2. The number of aliphatic hydroxyl groups is 1. The first kappa shape index (κ1) is 16.5. The number of aromatic carboxylic acids is 1. The zero-order valence-corrected chi connectivity index (χ0v) is 13.2. The number of anilines is 1. The Hall–Kier alpha value is -1.88. The molecule has 0 radical (unpaired) electrons. The van der Waals surface area contributed by atoms with Crippen molar-refractivity contribution >= 4 is 11.8 Å². The Morgan fingerprint density at radius 3 is 2.91 bits per heavy atom. The van der Waals surface area contributed by atoms with Crippen LogP contribution in [0.4, 0.5) is 5.82 Å². The van der Waals surface area contributed by atoms with Crippen molar-refractivity contribution in [3.63, 3.8) is 0 Å². The van der Waals surface area contributed by atoms with Crippen LogP contribution in [0.1, 0.15) is 43.5 Å². The summed E-state index contributed by atoms with van der Waals surface area (Å²) in [4.78, 5) is 17.7. The molecule has 0 aliphatic carbocycles. The molecule has 2 heterocycles. The second-order valence-corrected chi connectivity index (χ2v) is 6.35. The van der Waals surface area contributed by atoms with Crippen LogP contribution >= 0.6 is 0 Å². The minimum absolute atomic E-state index is 0.0997. The van der Waals surface area contributed by atoms with E-state index in [1.807, 2.05) is 18.7 Å². The van der Waals surface area contributed by atoms with E-state index in [1.165, 1.54) is 5.57 Å². The standard InChI is InChI=1S/C17H24N2O3/c1-13(2)6-8-17(12-20)7-4-10-19(11-17)15-14(16(21)22)5-3-9-18-15/h3,5-6,9,20H,4,7-8,10-12H2,1-2H3,(H,21,22)/t17-/m0/s1. The minimum atomic E-state index is -0.965. The second kappa shape index (κ2) is 6.92. The van der Waals surface area contributed by atoms with E-state index in [9.17, 15) is 15.0 Å². The van der Waals surface area contributed by atoms with Gasteiger partial charge in [-0.2, -0.15) is 0 Å². The van der Waals surface area contributed by atoms with Crippen LogP contribution in [0.25, 0.3) is 0 Å². The van der Waals surface area contributed by atoms with Gasteiger partial charge < -0.3 is 15.1 Å². The highest BCUT2D eigenvalue weighted by Crippen LogP contribution is 2.36. The van der Waals surface area contributed by atoms with Crippen LogP contribution in [0.5, 0.6) is 0 Å². The van der Waals surface area contributed by atoms with Crippen LogP contribution < -0.4 is 4.90 Å². The molecule has 2 rings (SSSR count). The molecule has 1 saturated heterocycles. The average molecular weight is 304 g/mol. The Morgan fingerprint density at radius 2 is 2.27 bits per heavy atom. The lowest BCUT2D eigenvalue weighted by molar-refractivity contribution is 0.0696. The van der Waals surface area contributed by atoms with Crippen LogP contribution in [0, 0.1) is 5.41 Å². The number of hydrogen-bond acceptors (Lipinski definition) is 4. The van der Waals surface area contributed by atoms with Crippen molar-refractivity contribution in [2.75, 3.05) is 24.6 Å². The third-order valence-electron chi connectivity index (χ3n) is 4.26. The highest BCUT2D eigenvalue weighted by atomic mass is 16.4. The van der Waals surface area contributed by atoms with Gasteiger partial charge in [0.2, 0.25) is 0 Å². The van der Waals surface area contributed by atoms with Crippen molar-refractivity contribution in [2.45, 2.75) is 33.1 Å².